The van der Waals surface area contributed by atoms with E-state index >= 15 is 0 Å². The maximum absolute atomic E-state index is 12.8. The number of hydrogen-bond donors (Lipinski definition) is 2. The summed E-state index contributed by atoms with van der Waals surface area (Å²) < 4.78 is 38.9. The van der Waals surface area contributed by atoms with E-state index in [0.29, 0.717) is 15.6 Å². The number of rotatable bonds is 6. The van der Waals surface area contributed by atoms with E-state index < -0.39 is 28.3 Å². The zero-order valence-corrected chi connectivity index (χ0v) is 14.6. The minimum atomic E-state index is -3.89. The fourth-order valence-corrected chi connectivity index (χ4v) is 3.24. The number of nitrogens with one attached hydrogen (secondary N) is 2. The molecule has 0 fully saturated rings. The lowest BCUT2D eigenvalue weighted by atomic mass is 10.2. The number of hydrogen-bond acceptors (Lipinski definition) is 3. The molecule has 24 heavy (non-hydrogen) atoms. The van der Waals surface area contributed by atoms with Gasteiger partial charge in [-0.25, -0.2) is 17.5 Å². The molecular weight excluding hydrogens is 378 g/mol. The molecule has 9 heteroatoms. The van der Waals surface area contributed by atoms with Crippen molar-refractivity contribution >= 4 is 39.1 Å². The van der Waals surface area contributed by atoms with E-state index in [1.165, 1.54) is 0 Å². The van der Waals surface area contributed by atoms with Crippen LogP contribution in [0.25, 0.3) is 0 Å². The van der Waals surface area contributed by atoms with Crippen molar-refractivity contribution in [3.05, 3.63) is 63.9 Å². The van der Waals surface area contributed by atoms with Gasteiger partial charge in [0.15, 0.2) is 0 Å². The van der Waals surface area contributed by atoms with Crippen LogP contribution < -0.4 is 10.0 Å². The molecule has 2 rings (SSSR count). The zero-order valence-electron chi connectivity index (χ0n) is 12.2. The average Bonchev–Trinajstić information content (AvgIpc) is 2.52. The Labute approximate surface area is 148 Å². The van der Waals surface area contributed by atoms with Crippen molar-refractivity contribution in [1.29, 1.82) is 0 Å². The van der Waals surface area contributed by atoms with Gasteiger partial charge in [-0.1, -0.05) is 29.3 Å². The fraction of sp³-hybridized carbons (Fsp3) is 0.133. The molecule has 0 aliphatic carbocycles. The predicted octanol–water partition coefficient (Wildman–Crippen LogP) is 2.73. The largest absolute Gasteiger partial charge is 0.351 e. The topological polar surface area (TPSA) is 75.3 Å². The van der Waals surface area contributed by atoms with Crippen LogP contribution in [0.2, 0.25) is 10.0 Å². The Bertz CT molecular complexity index is 842. The van der Waals surface area contributed by atoms with Gasteiger partial charge in [-0.2, -0.15) is 0 Å². The molecule has 0 atom stereocenters. The van der Waals surface area contributed by atoms with E-state index in [4.69, 9.17) is 23.2 Å². The Morgan fingerprint density at radius 2 is 1.75 bits per heavy atom. The van der Waals surface area contributed by atoms with Crippen molar-refractivity contribution in [2.75, 3.05) is 6.54 Å². The molecule has 0 radical (unpaired) electrons. The average molecular weight is 391 g/mol. The van der Waals surface area contributed by atoms with Gasteiger partial charge in [0.05, 0.1) is 11.4 Å². The van der Waals surface area contributed by atoms with Crippen LogP contribution in [0, 0.1) is 5.82 Å². The zero-order chi connectivity index (χ0) is 17.7. The van der Waals surface area contributed by atoms with Gasteiger partial charge in [0.25, 0.3) is 0 Å². The fourth-order valence-electron chi connectivity index (χ4n) is 1.78. The molecule has 0 aliphatic heterocycles. The van der Waals surface area contributed by atoms with Crippen molar-refractivity contribution in [2.45, 2.75) is 11.4 Å². The van der Waals surface area contributed by atoms with Crippen molar-refractivity contribution < 1.29 is 17.6 Å². The highest BCUT2D eigenvalue weighted by Gasteiger charge is 2.15. The summed E-state index contributed by atoms with van der Waals surface area (Å²) in [6, 6.07) is 9.11. The van der Waals surface area contributed by atoms with E-state index in [2.05, 4.69) is 10.0 Å². The normalized spacial score (nSPS) is 11.3. The van der Waals surface area contributed by atoms with Crippen LogP contribution in [-0.4, -0.2) is 20.9 Å². The monoisotopic (exact) mass is 390 g/mol. The van der Waals surface area contributed by atoms with Crippen LogP contribution in [0.1, 0.15) is 5.56 Å². The second-order valence-electron chi connectivity index (χ2n) is 4.79. The van der Waals surface area contributed by atoms with Crippen molar-refractivity contribution in [3.63, 3.8) is 0 Å². The molecule has 2 aromatic rings. The molecule has 5 nitrogen and oxygen atoms in total. The Morgan fingerprint density at radius 3 is 2.38 bits per heavy atom. The molecule has 2 N–H and O–H groups in total. The lowest BCUT2D eigenvalue weighted by Crippen LogP contribution is -2.36. The van der Waals surface area contributed by atoms with Crippen LogP contribution in [0.15, 0.2) is 47.4 Å². The first-order valence-electron chi connectivity index (χ1n) is 6.74. The van der Waals surface area contributed by atoms with Crippen LogP contribution in [0.3, 0.4) is 0 Å². The SMILES string of the molecule is O=C(CNS(=O)(=O)c1ccc(F)cc1)NCc1ccc(Cl)cc1Cl. The molecule has 128 valence electrons. The third-order valence-electron chi connectivity index (χ3n) is 3.04. The van der Waals surface area contributed by atoms with Crippen LogP contribution in [0.4, 0.5) is 4.39 Å². The van der Waals surface area contributed by atoms with Crippen molar-refractivity contribution in [2.24, 2.45) is 0 Å². The van der Waals surface area contributed by atoms with Gasteiger partial charge < -0.3 is 5.32 Å². The van der Waals surface area contributed by atoms with Gasteiger partial charge >= 0.3 is 0 Å². The summed E-state index contributed by atoms with van der Waals surface area (Å²) in [6.07, 6.45) is 0. The van der Waals surface area contributed by atoms with E-state index in [9.17, 15) is 17.6 Å². The van der Waals surface area contributed by atoms with Gasteiger partial charge in [0.2, 0.25) is 15.9 Å². The number of halogens is 3. The Morgan fingerprint density at radius 1 is 1.08 bits per heavy atom. The highest BCUT2D eigenvalue weighted by atomic mass is 35.5. The number of carbonyl (C=O) groups excluding carboxylic acids is 1. The maximum atomic E-state index is 12.8. The van der Waals surface area contributed by atoms with E-state index in [1.54, 1.807) is 18.2 Å². The molecule has 0 saturated heterocycles. The number of carbonyl (C=O) groups is 1. The minimum absolute atomic E-state index is 0.127. The molecule has 0 aliphatic rings. The molecule has 1 amide bonds. The molecule has 0 heterocycles. The molecule has 0 bridgehead atoms. The minimum Gasteiger partial charge on any atom is -0.351 e. The van der Waals surface area contributed by atoms with Gasteiger partial charge in [-0.15, -0.1) is 0 Å². The first-order chi connectivity index (χ1) is 11.3. The maximum Gasteiger partial charge on any atom is 0.241 e. The van der Waals surface area contributed by atoms with E-state index in [1.807, 2.05) is 0 Å². The molecule has 0 spiro atoms. The van der Waals surface area contributed by atoms with Crippen LogP contribution in [0.5, 0.6) is 0 Å². The smallest absolute Gasteiger partial charge is 0.241 e. The van der Waals surface area contributed by atoms with Gasteiger partial charge in [-0.3, -0.25) is 4.79 Å². The van der Waals surface area contributed by atoms with Crippen LogP contribution >= 0.6 is 23.2 Å². The van der Waals surface area contributed by atoms with Crippen molar-refractivity contribution in [1.82, 2.24) is 10.0 Å². The molecule has 0 saturated carbocycles. The summed E-state index contributed by atoms with van der Waals surface area (Å²) in [5.74, 6) is -1.08. The molecule has 0 unspecified atom stereocenters. The van der Waals surface area contributed by atoms with E-state index in [-0.39, 0.29) is 11.4 Å². The second-order valence-corrected chi connectivity index (χ2v) is 7.40. The summed E-state index contributed by atoms with van der Waals surface area (Å²) in [6.45, 7) is -0.321. The Balaban J connectivity index is 1.89. The molecule has 2 aromatic carbocycles. The highest BCUT2D eigenvalue weighted by Crippen LogP contribution is 2.20. The highest BCUT2D eigenvalue weighted by molar-refractivity contribution is 7.89. The third-order valence-corrected chi connectivity index (χ3v) is 5.04. The Kier molecular flexibility index (Phi) is 6.17. The first-order valence-corrected chi connectivity index (χ1v) is 8.98. The summed E-state index contributed by atoms with van der Waals surface area (Å²) in [4.78, 5) is 11.6. The summed E-state index contributed by atoms with van der Waals surface area (Å²) in [5, 5.41) is 3.41. The van der Waals surface area contributed by atoms with Gasteiger partial charge in [0, 0.05) is 16.6 Å². The van der Waals surface area contributed by atoms with Crippen molar-refractivity contribution in [3.8, 4) is 0 Å². The summed E-state index contributed by atoms with van der Waals surface area (Å²) in [7, 11) is -3.89. The lowest BCUT2D eigenvalue weighted by molar-refractivity contribution is -0.120. The predicted molar refractivity (Wildman–Crippen MR) is 89.9 cm³/mol. The van der Waals surface area contributed by atoms with Crippen LogP contribution in [-0.2, 0) is 21.4 Å². The van der Waals surface area contributed by atoms with Gasteiger partial charge in [0.1, 0.15) is 5.82 Å². The number of benzene rings is 2. The number of sulfonamides is 1. The molecular formula is C15H13Cl2FN2O3S. The quantitative estimate of drug-likeness (QED) is 0.795. The first kappa shape index (κ1) is 18.7. The van der Waals surface area contributed by atoms with Gasteiger partial charge in [-0.05, 0) is 42.0 Å². The third kappa shape index (κ3) is 5.17. The summed E-state index contributed by atoms with van der Waals surface area (Å²) >= 11 is 11.8. The Hall–Kier alpha value is -1.67. The second kappa shape index (κ2) is 7.94. The number of amides is 1. The van der Waals surface area contributed by atoms with E-state index in [0.717, 1.165) is 24.3 Å². The standard InChI is InChI=1S/C15H13Cl2FN2O3S/c16-11-2-1-10(14(17)7-11)8-19-15(21)9-20-24(22,23)13-5-3-12(18)4-6-13/h1-7,20H,8-9H2,(H,19,21). The summed E-state index contributed by atoms with van der Waals surface area (Å²) in [5.41, 5.74) is 0.649. The molecule has 0 aromatic heterocycles. The lowest BCUT2D eigenvalue weighted by Gasteiger charge is -2.09.